The van der Waals surface area contributed by atoms with Crippen molar-refractivity contribution in [1.29, 1.82) is 0 Å². The van der Waals surface area contributed by atoms with Crippen LogP contribution >= 0.6 is 0 Å². The first-order chi connectivity index (χ1) is 10.5. The zero-order valence-corrected chi connectivity index (χ0v) is 12.7. The van der Waals surface area contributed by atoms with Gasteiger partial charge in [0.05, 0.1) is 13.0 Å². The van der Waals surface area contributed by atoms with Crippen molar-refractivity contribution in [2.24, 2.45) is 0 Å². The van der Waals surface area contributed by atoms with Crippen LogP contribution in [0.4, 0.5) is 4.79 Å². The van der Waals surface area contributed by atoms with Crippen LogP contribution in [-0.4, -0.2) is 37.7 Å². The lowest BCUT2D eigenvalue weighted by atomic mass is 10.2. The smallest absolute Gasteiger partial charge is 0.321 e. The van der Waals surface area contributed by atoms with Crippen LogP contribution < -0.4 is 15.4 Å². The fraction of sp³-hybridized carbons (Fsp3) is 0.400. The molecule has 0 saturated heterocycles. The third-order valence-corrected chi connectivity index (χ3v) is 2.61. The lowest BCUT2D eigenvalue weighted by molar-refractivity contribution is -0.148. The molecule has 0 radical (unpaired) electrons. The largest absolute Gasteiger partial charge is 0.493 e. The van der Waals surface area contributed by atoms with E-state index >= 15 is 0 Å². The highest BCUT2D eigenvalue weighted by molar-refractivity contribution is 5.95. The number of benzene rings is 1. The number of rotatable bonds is 7. The Morgan fingerprint density at radius 2 is 1.91 bits per heavy atom. The molecule has 0 spiro atoms. The number of imide groups is 1. The molecule has 0 fully saturated rings. The van der Waals surface area contributed by atoms with E-state index < -0.39 is 24.5 Å². The molecule has 0 saturated carbocycles. The van der Waals surface area contributed by atoms with Crippen LogP contribution in [0, 0.1) is 6.92 Å². The van der Waals surface area contributed by atoms with Gasteiger partial charge in [0, 0.05) is 6.54 Å². The van der Waals surface area contributed by atoms with Gasteiger partial charge in [0.15, 0.2) is 6.61 Å². The summed E-state index contributed by atoms with van der Waals surface area (Å²) in [7, 11) is 0. The second kappa shape index (κ2) is 9.38. The monoisotopic (exact) mass is 308 g/mol. The molecule has 0 unspecified atom stereocenters. The zero-order valence-electron chi connectivity index (χ0n) is 12.7. The zero-order chi connectivity index (χ0) is 16.4. The second-order valence-electron chi connectivity index (χ2n) is 4.43. The van der Waals surface area contributed by atoms with Crippen molar-refractivity contribution in [2.45, 2.75) is 20.3 Å². The fourth-order valence-electron chi connectivity index (χ4n) is 1.55. The van der Waals surface area contributed by atoms with Gasteiger partial charge < -0.3 is 14.8 Å². The molecule has 3 amide bonds. The number of nitrogens with one attached hydrogen (secondary N) is 2. The molecule has 0 bridgehead atoms. The number of urea groups is 1. The van der Waals surface area contributed by atoms with Crippen molar-refractivity contribution in [1.82, 2.24) is 10.6 Å². The van der Waals surface area contributed by atoms with Gasteiger partial charge in [0.2, 0.25) is 0 Å². The molecule has 0 atom stereocenters. The quantitative estimate of drug-likeness (QED) is 0.737. The summed E-state index contributed by atoms with van der Waals surface area (Å²) in [5.74, 6) is -0.553. The summed E-state index contributed by atoms with van der Waals surface area (Å²) in [6.07, 6.45) is 0.0166. The molecule has 0 aliphatic carbocycles. The van der Waals surface area contributed by atoms with Crippen LogP contribution in [0.15, 0.2) is 24.3 Å². The molecule has 2 N–H and O–H groups in total. The van der Waals surface area contributed by atoms with Crippen molar-refractivity contribution in [3.63, 3.8) is 0 Å². The Balaban J connectivity index is 2.20. The average Bonchev–Trinajstić information content (AvgIpc) is 2.47. The fourth-order valence-corrected chi connectivity index (χ4v) is 1.55. The third kappa shape index (κ3) is 6.74. The molecule has 0 aliphatic rings. The average molecular weight is 308 g/mol. The first-order valence-electron chi connectivity index (χ1n) is 6.94. The normalized spacial score (nSPS) is 9.73. The molecule has 1 rings (SSSR count). The van der Waals surface area contributed by atoms with E-state index in [2.05, 4.69) is 5.32 Å². The van der Waals surface area contributed by atoms with Gasteiger partial charge >= 0.3 is 12.0 Å². The minimum Gasteiger partial charge on any atom is -0.493 e. The van der Waals surface area contributed by atoms with E-state index in [4.69, 9.17) is 9.47 Å². The highest BCUT2D eigenvalue weighted by Crippen LogP contribution is 2.16. The SMILES string of the molecule is CCNC(=O)NC(=O)COC(=O)CCOc1ccccc1C. The number of carbonyl (C=O) groups is 3. The molecule has 1 aromatic carbocycles. The molecule has 7 heteroatoms. The molecule has 120 valence electrons. The van der Waals surface area contributed by atoms with Crippen LogP contribution in [0.3, 0.4) is 0 Å². The van der Waals surface area contributed by atoms with E-state index in [-0.39, 0.29) is 13.0 Å². The maximum Gasteiger partial charge on any atom is 0.321 e. The maximum atomic E-state index is 11.5. The molecule has 0 aliphatic heterocycles. The minimum atomic E-state index is -0.681. The van der Waals surface area contributed by atoms with Crippen LogP contribution in [0.1, 0.15) is 18.9 Å². The Morgan fingerprint density at radius 3 is 2.59 bits per heavy atom. The van der Waals surface area contributed by atoms with Gasteiger partial charge in [-0.2, -0.15) is 0 Å². The molecule has 1 aromatic rings. The number of esters is 1. The topological polar surface area (TPSA) is 93.7 Å². The number of carbonyl (C=O) groups excluding carboxylic acids is 3. The van der Waals surface area contributed by atoms with E-state index in [0.717, 1.165) is 5.56 Å². The van der Waals surface area contributed by atoms with E-state index in [0.29, 0.717) is 12.3 Å². The van der Waals surface area contributed by atoms with Crippen molar-refractivity contribution >= 4 is 17.9 Å². The standard InChI is InChI=1S/C15H20N2O5/c1-3-16-15(20)17-13(18)10-22-14(19)8-9-21-12-7-5-4-6-11(12)2/h4-7H,3,8-10H2,1-2H3,(H2,16,17,18,20). The predicted octanol–water partition coefficient (Wildman–Crippen LogP) is 1.15. The first-order valence-corrected chi connectivity index (χ1v) is 6.94. The predicted molar refractivity (Wildman–Crippen MR) is 79.5 cm³/mol. The van der Waals surface area contributed by atoms with E-state index in [1.54, 1.807) is 13.0 Å². The Hall–Kier alpha value is -2.57. The molecule has 22 heavy (non-hydrogen) atoms. The van der Waals surface area contributed by atoms with Gasteiger partial charge in [0.25, 0.3) is 5.91 Å². The molecule has 0 heterocycles. The number of hydrogen-bond donors (Lipinski definition) is 2. The molecule has 0 aromatic heterocycles. The summed E-state index contributed by atoms with van der Waals surface area (Å²) in [5.41, 5.74) is 0.970. The van der Waals surface area contributed by atoms with Gasteiger partial charge in [-0.3, -0.25) is 14.9 Å². The number of para-hydroxylation sites is 1. The van der Waals surface area contributed by atoms with E-state index in [1.807, 2.05) is 30.4 Å². The lowest BCUT2D eigenvalue weighted by Gasteiger charge is -2.09. The van der Waals surface area contributed by atoms with Gasteiger partial charge in [-0.25, -0.2) is 4.79 Å². The van der Waals surface area contributed by atoms with Crippen LogP contribution in [0.5, 0.6) is 5.75 Å². The van der Waals surface area contributed by atoms with Crippen molar-refractivity contribution in [3.05, 3.63) is 29.8 Å². The van der Waals surface area contributed by atoms with Crippen molar-refractivity contribution in [2.75, 3.05) is 19.8 Å². The Bertz CT molecular complexity index is 530. The summed E-state index contributed by atoms with van der Waals surface area (Å²) in [6, 6.07) is 6.82. The highest BCUT2D eigenvalue weighted by Gasteiger charge is 2.10. The van der Waals surface area contributed by atoms with E-state index in [1.165, 1.54) is 0 Å². The number of ether oxygens (including phenoxy) is 2. The van der Waals surface area contributed by atoms with Gasteiger partial charge in [-0.1, -0.05) is 18.2 Å². The number of aryl methyl sites for hydroxylation is 1. The van der Waals surface area contributed by atoms with E-state index in [9.17, 15) is 14.4 Å². The lowest BCUT2D eigenvalue weighted by Crippen LogP contribution is -2.41. The number of hydrogen-bond acceptors (Lipinski definition) is 5. The summed E-state index contributed by atoms with van der Waals surface area (Å²) in [6.45, 7) is 3.68. The van der Waals surface area contributed by atoms with Gasteiger partial charge in [-0.05, 0) is 25.5 Å². The summed E-state index contributed by atoms with van der Waals surface area (Å²) >= 11 is 0. The van der Waals surface area contributed by atoms with Crippen molar-refractivity contribution in [3.8, 4) is 5.75 Å². The first kappa shape index (κ1) is 17.5. The Kier molecular flexibility index (Phi) is 7.45. The maximum absolute atomic E-state index is 11.5. The van der Waals surface area contributed by atoms with Crippen molar-refractivity contribution < 1.29 is 23.9 Å². The molecular weight excluding hydrogens is 288 g/mol. The van der Waals surface area contributed by atoms with Crippen LogP contribution in [0.2, 0.25) is 0 Å². The highest BCUT2D eigenvalue weighted by atomic mass is 16.5. The Morgan fingerprint density at radius 1 is 1.18 bits per heavy atom. The van der Waals surface area contributed by atoms with Gasteiger partial charge in [-0.15, -0.1) is 0 Å². The second-order valence-corrected chi connectivity index (χ2v) is 4.43. The third-order valence-electron chi connectivity index (χ3n) is 2.61. The Labute approximate surface area is 129 Å². The molecular formula is C15H20N2O5. The molecule has 7 nitrogen and oxygen atoms in total. The summed E-state index contributed by atoms with van der Waals surface area (Å²) in [4.78, 5) is 33.8. The minimum absolute atomic E-state index is 0.0166. The van der Waals surface area contributed by atoms with Crippen LogP contribution in [0.25, 0.3) is 0 Å². The number of amides is 3. The summed E-state index contributed by atoms with van der Waals surface area (Å²) in [5, 5.41) is 4.42. The van der Waals surface area contributed by atoms with Crippen LogP contribution in [-0.2, 0) is 14.3 Å². The summed E-state index contributed by atoms with van der Waals surface area (Å²) < 4.78 is 10.2. The van der Waals surface area contributed by atoms with Gasteiger partial charge in [0.1, 0.15) is 5.75 Å².